The average molecular weight is 571 g/mol. The first-order chi connectivity index (χ1) is 12.1. The number of amides is 1. The number of rotatable bonds is 7. The number of thiocarbonyl (C=S) groups is 1. The Hall–Kier alpha value is 0.0100. The van der Waals surface area contributed by atoms with Gasteiger partial charge in [0.2, 0.25) is 9.70 Å². The molecule has 0 radical (unpaired) electrons. The Morgan fingerprint density at radius 3 is 2.31 bits per heavy atom. The summed E-state index contributed by atoms with van der Waals surface area (Å²) in [5.74, 6) is 0.431. The number of carbonyl (C=O) groups is 1. The highest BCUT2D eigenvalue weighted by Gasteiger charge is 2.34. The lowest BCUT2D eigenvalue weighted by molar-refractivity contribution is -0.122. The number of unbranched alkanes of at least 4 members (excludes halogenated alkanes) is 1. The number of halogens is 5. The zero-order valence-electron chi connectivity index (χ0n) is 14.0. The van der Waals surface area contributed by atoms with Gasteiger partial charge in [-0.15, -0.1) is 0 Å². The number of methoxy groups -OCH3 is 1. The molecule has 1 aromatic carbocycles. The molecule has 3 N–H and O–H groups in total. The summed E-state index contributed by atoms with van der Waals surface area (Å²) in [7, 11) is 1.57. The zero-order valence-corrected chi connectivity index (χ0v) is 20.2. The topological polar surface area (TPSA) is 62.4 Å². The van der Waals surface area contributed by atoms with Crippen molar-refractivity contribution < 1.29 is 9.53 Å². The van der Waals surface area contributed by atoms with Crippen LogP contribution in [0.15, 0.2) is 21.1 Å². The van der Waals surface area contributed by atoms with Gasteiger partial charge in [-0.1, -0.05) is 48.1 Å². The average Bonchev–Trinajstić information content (AvgIpc) is 2.54. The third-order valence-corrected chi connectivity index (χ3v) is 5.28. The Balaban J connectivity index is 2.83. The molecule has 0 unspecified atom stereocenters. The van der Waals surface area contributed by atoms with Gasteiger partial charge in [0.1, 0.15) is 11.9 Å². The highest BCUT2D eigenvalue weighted by atomic mass is 79.9. The van der Waals surface area contributed by atoms with Gasteiger partial charge in [0, 0.05) is 15.4 Å². The fourth-order valence-electron chi connectivity index (χ4n) is 1.84. The largest absolute Gasteiger partial charge is 0.497 e. The van der Waals surface area contributed by atoms with Gasteiger partial charge < -0.3 is 20.7 Å². The van der Waals surface area contributed by atoms with Gasteiger partial charge in [-0.3, -0.25) is 4.79 Å². The van der Waals surface area contributed by atoms with Gasteiger partial charge in [-0.2, -0.15) is 0 Å². The van der Waals surface area contributed by atoms with E-state index in [-0.39, 0.29) is 11.0 Å². The number of nitrogens with one attached hydrogen (secondary N) is 3. The van der Waals surface area contributed by atoms with Crippen LogP contribution in [0.4, 0.5) is 5.69 Å². The molecule has 0 fully saturated rings. The van der Waals surface area contributed by atoms with Gasteiger partial charge in [-0.25, -0.2) is 0 Å². The molecule has 146 valence electrons. The number of carbonyl (C=O) groups excluding carboxylic acids is 1. The van der Waals surface area contributed by atoms with Crippen LogP contribution in [0, 0.1) is 0 Å². The molecule has 0 bridgehead atoms. The fourth-order valence-corrected chi connectivity index (χ4v) is 3.73. The van der Waals surface area contributed by atoms with E-state index in [2.05, 4.69) is 47.8 Å². The second kappa shape index (κ2) is 11.1. The van der Waals surface area contributed by atoms with E-state index in [1.54, 1.807) is 19.2 Å². The van der Waals surface area contributed by atoms with E-state index in [0.717, 1.165) is 12.8 Å². The molecule has 0 aliphatic rings. The number of benzene rings is 1. The lowest BCUT2D eigenvalue weighted by Gasteiger charge is -2.28. The molecule has 0 saturated heterocycles. The fraction of sp³-hybridized carbons (Fsp3) is 0.467. The Morgan fingerprint density at radius 2 is 1.85 bits per heavy atom. The Kier molecular flexibility index (Phi) is 10.3. The molecule has 0 heterocycles. The van der Waals surface area contributed by atoms with Crippen LogP contribution in [0.3, 0.4) is 0 Å². The smallest absolute Gasteiger partial charge is 0.228 e. The molecule has 1 rings (SSSR count). The standard InChI is InChI=1S/C15H18Br2Cl3N3O2S/c1-3-4-5-11(24)21-13(15(18,19)20)23-14(26)22-12-9(16)6-8(25-2)7-10(12)17/h6-7,13H,3-5H2,1-2H3,(H,21,24)(H2,22,23,26)/t13-/m1/s1. The van der Waals surface area contributed by atoms with Crippen LogP contribution in [0.2, 0.25) is 0 Å². The molecule has 11 heteroatoms. The predicted molar refractivity (Wildman–Crippen MR) is 119 cm³/mol. The first-order valence-electron chi connectivity index (χ1n) is 7.55. The number of ether oxygens (including phenoxy) is 1. The van der Waals surface area contributed by atoms with Crippen LogP contribution in [0.25, 0.3) is 0 Å². The molecule has 1 amide bonds. The third kappa shape index (κ3) is 7.94. The summed E-state index contributed by atoms with van der Waals surface area (Å²) >= 11 is 30.0. The molecule has 0 aromatic heterocycles. The van der Waals surface area contributed by atoms with Crippen LogP contribution in [0.1, 0.15) is 26.2 Å². The van der Waals surface area contributed by atoms with Crippen molar-refractivity contribution in [3.8, 4) is 5.75 Å². The molecule has 5 nitrogen and oxygen atoms in total. The number of hydrogen-bond acceptors (Lipinski definition) is 3. The maximum absolute atomic E-state index is 12.0. The summed E-state index contributed by atoms with van der Waals surface area (Å²) in [5, 5.41) is 8.62. The number of hydrogen-bond donors (Lipinski definition) is 3. The van der Waals surface area contributed by atoms with Crippen molar-refractivity contribution in [1.29, 1.82) is 0 Å². The van der Waals surface area contributed by atoms with Crippen LogP contribution in [0.5, 0.6) is 5.75 Å². The van der Waals surface area contributed by atoms with Crippen LogP contribution < -0.4 is 20.7 Å². The Morgan fingerprint density at radius 1 is 1.27 bits per heavy atom. The molecule has 26 heavy (non-hydrogen) atoms. The van der Waals surface area contributed by atoms with Crippen LogP contribution in [-0.4, -0.2) is 28.1 Å². The van der Waals surface area contributed by atoms with Crippen LogP contribution in [-0.2, 0) is 4.79 Å². The van der Waals surface area contributed by atoms with Crippen molar-refractivity contribution in [3.05, 3.63) is 21.1 Å². The lowest BCUT2D eigenvalue weighted by Crippen LogP contribution is -2.56. The van der Waals surface area contributed by atoms with Gasteiger partial charge in [-0.05, 0) is 62.6 Å². The summed E-state index contributed by atoms with van der Waals surface area (Å²) in [5.41, 5.74) is 0.656. The van der Waals surface area contributed by atoms with Crippen molar-refractivity contribution in [3.63, 3.8) is 0 Å². The normalized spacial score (nSPS) is 12.3. The zero-order chi connectivity index (χ0) is 19.9. The second-order valence-electron chi connectivity index (χ2n) is 5.21. The highest BCUT2D eigenvalue weighted by molar-refractivity contribution is 9.11. The van der Waals surface area contributed by atoms with Crippen molar-refractivity contribution in [2.24, 2.45) is 0 Å². The van der Waals surface area contributed by atoms with E-state index in [4.69, 9.17) is 51.8 Å². The predicted octanol–water partition coefficient (Wildman–Crippen LogP) is 5.51. The molecule has 1 atom stereocenters. The highest BCUT2D eigenvalue weighted by Crippen LogP contribution is 2.35. The van der Waals surface area contributed by atoms with Crippen LogP contribution >= 0.6 is 78.9 Å². The molecule has 0 aliphatic heterocycles. The minimum atomic E-state index is -1.79. The molecular formula is C15H18Br2Cl3N3O2S. The Bertz CT molecular complexity index is 637. The third-order valence-electron chi connectivity index (χ3n) is 3.16. The molecule has 0 spiro atoms. The number of alkyl halides is 3. The van der Waals surface area contributed by atoms with Crippen molar-refractivity contribution in [1.82, 2.24) is 10.6 Å². The maximum Gasteiger partial charge on any atom is 0.228 e. The van der Waals surface area contributed by atoms with E-state index in [0.29, 0.717) is 26.8 Å². The maximum atomic E-state index is 12.0. The Labute approximate surface area is 190 Å². The second-order valence-corrected chi connectivity index (χ2v) is 9.70. The van der Waals surface area contributed by atoms with E-state index in [1.165, 1.54) is 0 Å². The summed E-state index contributed by atoms with van der Waals surface area (Å²) in [6.07, 6.45) is 0.976. The lowest BCUT2D eigenvalue weighted by atomic mass is 10.2. The van der Waals surface area contributed by atoms with E-state index in [9.17, 15) is 4.79 Å². The first-order valence-corrected chi connectivity index (χ1v) is 10.7. The summed E-state index contributed by atoms with van der Waals surface area (Å²) in [4.78, 5) is 12.0. The quantitative estimate of drug-likeness (QED) is 0.229. The van der Waals surface area contributed by atoms with Gasteiger partial charge in [0.05, 0.1) is 12.8 Å². The van der Waals surface area contributed by atoms with Gasteiger partial charge >= 0.3 is 0 Å². The summed E-state index contributed by atoms with van der Waals surface area (Å²) < 4.78 is 4.82. The van der Waals surface area contributed by atoms with Crippen molar-refractivity contribution in [2.75, 3.05) is 12.4 Å². The SMILES string of the molecule is CCCCC(=O)N[C@H](NC(=S)Nc1c(Br)cc(OC)cc1Br)C(Cl)(Cl)Cl. The molecular weight excluding hydrogens is 552 g/mol. The number of anilines is 1. The summed E-state index contributed by atoms with van der Waals surface area (Å²) in [6, 6.07) is 3.54. The van der Waals surface area contributed by atoms with E-state index < -0.39 is 9.96 Å². The van der Waals surface area contributed by atoms with Crippen molar-refractivity contribution in [2.45, 2.75) is 36.1 Å². The van der Waals surface area contributed by atoms with Gasteiger partial charge in [0.25, 0.3) is 0 Å². The monoisotopic (exact) mass is 567 g/mol. The molecule has 0 saturated carbocycles. The van der Waals surface area contributed by atoms with E-state index in [1.807, 2.05) is 6.92 Å². The van der Waals surface area contributed by atoms with Crippen molar-refractivity contribution >= 4 is 95.6 Å². The molecule has 1 aromatic rings. The van der Waals surface area contributed by atoms with Gasteiger partial charge in [0.15, 0.2) is 5.11 Å². The summed E-state index contributed by atoms with van der Waals surface area (Å²) in [6.45, 7) is 1.99. The van der Waals surface area contributed by atoms with E-state index >= 15 is 0 Å². The minimum absolute atomic E-state index is 0.170. The molecule has 0 aliphatic carbocycles. The minimum Gasteiger partial charge on any atom is -0.497 e. The first kappa shape index (κ1) is 24.0.